The molecule has 0 radical (unpaired) electrons. The van der Waals surface area contributed by atoms with Crippen LogP contribution in [-0.4, -0.2) is 26.8 Å². The molecule has 1 aromatic carbocycles. The highest BCUT2D eigenvalue weighted by atomic mass is 35.5. The lowest BCUT2D eigenvalue weighted by atomic mass is 9.95. The summed E-state index contributed by atoms with van der Waals surface area (Å²) in [4.78, 5) is 23.1. The molecule has 1 fully saturated rings. The smallest absolute Gasteiger partial charge is 0.325 e. The zero-order valence-corrected chi connectivity index (χ0v) is 12.4. The van der Waals surface area contributed by atoms with Crippen LogP contribution >= 0.6 is 11.6 Å². The number of carboxylic acids is 1. The number of nitrogens with one attached hydrogen (secondary N) is 1. The predicted molar refractivity (Wildman–Crippen MR) is 80.9 cm³/mol. The number of hydrogen-bond donors (Lipinski definition) is 2. The van der Waals surface area contributed by atoms with Crippen LogP contribution in [0.5, 0.6) is 0 Å². The van der Waals surface area contributed by atoms with Gasteiger partial charge < -0.3 is 10.4 Å². The summed E-state index contributed by atoms with van der Waals surface area (Å²) < 4.78 is 1.26. The van der Waals surface area contributed by atoms with Crippen LogP contribution in [0.4, 0.5) is 5.82 Å². The van der Waals surface area contributed by atoms with E-state index in [2.05, 4.69) is 10.4 Å². The van der Waals surface area contributed by atoms with Crippen molar-refractivity contribution in [3.05, 3.63) is 47.1 Å². The van der Waals surface area contributed by atoms with Gasteiger partial charge in [-0.1, -0.05) is 23.7 Å². The van der Waals surface area contributed by atoms with Gasteiger partial charge in [0.2, 0.25) is 5.91 Å². The van der Waals surface area contributed by atoms with Crippen molar-refractivity contribution in [2.24, 2.45) is 0 Å². The van der Waals surface area contributed by atoms with Crippen LogP contribution in [-0.2, 0) is 21.5 Å². The molecule has 1 saturated carbocycles. The quantitative estimate of drug-likeness (QED) is 0.885. The SMILES string of the molecule is O=C(O)Cn1ccc(NC(=O)C2(c3ccc(Cl)cc3)CC2)n1. The zero-order valence-electron chi connectivity index (χ0n) is 11.6. The first-order valence-corrected chi connectivity index (χ1v) is 7.20. The molecular weight excluding hydrogens is 306 g/mol. The Hall–Kier alpha value is -2.34. The van der Waals surface area contributed by atoms with Crippen molar-refractivity contribution in [3.63, 3.8) is 0 Å². The van der Waals surface area contributed by atoms with Gasteiger partial charge in [0, 0.05) is 17.3 Å². The second kappa shape index (κ2) is 5.46. The maximum absolute atomic E-state index is 12.5. The molecule has 3 rings (SSSR count). The van der Waals surface area contributed by atoms with Crippen LogP contribution in [0.25, 0.3) is 0 Å². The number of amides is 1. The number of carbonyl (C=O) groups excluding carboxylic acids is 1. The molecule has 0 atom stereocenters. The van der Waals surface area contributed by atoms with Crippen LogP contribution in [0.15, 0.2) is 36.5 Å². The highest BCUT2D eigenvalue weighted by Crippen LogP contribution is 2.49. The Morgan fingerprint density at radius 1 is 1.27 bits per heavy atom. The molecule has 0 spiro atoms. The molecule has 2 N–H and O–H groups in total. The van der Waals surface area contributed by atoms with E-state index in [0.717, 1.165) is 18.4 Å². The largest absolute Gasteiger partial charge is 0.480 e. The molecule has 0 bridgehead atoms. The van der Waals surface area contributed by atoms with Crippen molar-refractivity contribution in [3.8, 4) is 0 Å². The molecular formula is C15H14ClN3O3. The number of aromatic nitrogens is 2. The van der Waals surface area contributed by atoms with Gasteiger partial charge in [0.1, 0.15) is 6.54 Å². The van der Waals surface area contributed by atoms with Gasteiger partial charge in [-0.2, -0.15) is 5.10 Å². The molecule has 22 heavy (non-hydrogen) atoms. The van der Waals surface area contributed by atoms with E-state index in [9.17, 15) is 9.59 Å². The van der Waals surface area contributed by atoms with Crippen molar-refractivity contribution in [2.45, 2.75) is 24.8 Å². The number of anilines is 1. The molecule has 1 aromatic heterocycles. The number of carbonyl (C=O) groups is 2. The Balaban J connectivity index is 1.73. The average molecular weight is 320 g/mol. The lowest BCUT2D eigenvalue weighted by molar-refractivity contribution is -0.137. The summed E-state index contributed by atoms with van der Waals surface area (Å²) in [6.45, 7) is -0.238. The first-order valence-electron chi connectivity index (χ1n) is 6.82. The first kappa shape index (κ1) is 14.6. The van der Waals surface area contributed by atoms with E-state index in [1.165, 1.54) is 10.9 Å². The standard InChI is InChI=1S/C15H14ClN3O3/c16-11-3-1-10(2-4-11)15(6-7-15)14(22)17-12-5-8-19(18-12)9-13(20)21/h1-5,8H,6-7,9H2,(H,20,21)(H,17,18,22). The average Bonchev–Trinajstić information content (AvgIpc) is 3.17. The van der Waals surface area contributed by atoms with E-state index in [0.29, 0.717) is 10.8 Å². The Morgan fingerprint density at radius 2 is 1.95 bits per heavy atom. The Bertz CT molecular complexity index is 720. The minimum Gasteiger partial charge on any atom is -0.480 e. The minimum absolute atomic E-state index is 0.129. The number of halogens is 1. The fourth-order valence-electron chi connectivity index (χ4n) is 2.43. The van der Waals surface area contributed by atoms with E-state index in [1.807, 2.05) is 12.1 Å². The van der Waals surface area contributed by atoms with Gasteiger partial charge >= 0.3 is 5.97 Å². The summed E-state index contributed by atoms with van der Waals surface area (Å²) in [7, 11) is 0. The summed E-state index contributed by atoms with van der Waals surface area (Å²) in [5.74, 6) is -0.761. The molecule has 1 aliphatic rings. The van der Waals surface area contributed by atoms with Crippen LogP contribution in [0, 0.1) is 0 Å². The summed E-state index contributed by atoms with van der Waals surface area (Å²) in [5.41, 5.74) is 0.403. The van der Waals surface area contributed by atoms with Crippen molar-refractivity contribution in [1.29, 1.82) is 0 Å². The highest BCUT2D eigenvalue weighted by Gasteiger charge is 2.51. The predicted octanol–water partition coefficient (Wildman–Crippen LogP) is 2.29. The van der Waals surface area contributed by atoms with E-state index in [1.54, 1.807) is 18.2 Å². The van der Waals surface area contributed by atoms with Crippen LogP contribution in [0.1, 0.15) is 18.4 Å². The first-order chi connectivity index (χ1) is 10.5. The Kier molecular flexibility index (Phi) is 3.62. The van der Waals surface area contributed by atoms with Crippen molar-refractivity contribution in [1.82, 2.24) is 9.78 Å². The molecule has 0 saturated heterocycles. The number of nitrogens with zero attached hydrogens (tertiary/aromatic N) is 2. The molecule has 7 heteroatoms. The monoisotopic (exact) mass is 319 g/mol. The molecule has 1 aliphatic carbocycles. The molecule has 0 aliphatic heterocycles. The number of benzene rings is 1. The van der Waals surface area contributed by atoms with Gasteiger partial charge in [0.05, 0.1) is 5.41 Å². The second-order valence-electron chi connectivity index (χ2n) is 5.34. The lowest BCUT2D eigenvalue weighted by Crippen LogP contribution is -2.28. The van der Waals surface area contributed by atoms with E-state index >= 15 is 0 Å². The molecule has 6 nitrogen and oxygen atoms in total. The number of aliphatic carboxylic acids is 1. The normalized spacial score (nSPS) is 15.3. The van der Waals surface area contributed by atoms with Gasteiger partial charge in [-0.05, 0) is 30.5 Å². The van der Waals surface area contributed by atoms with Gasteiger partial charge in [0.15, 0.2) is 5.82 Å². The summed E-state index contributed by atoms with van der Waals surface area (Å²) >= 11 is 5.87. The number of carboxylic acid groups (broad SMARTS) is 1. The number of rotatable bonds is 5. The lowest BCUT2D eigenvalue weighted by Gasteiger charge is -2.14. The highest BCUT2D eigenvalue weighted by molar-refractivity contribution is 6.30. The van der Waals surface area contributed by atoms with E-state index in [4.69, 9.17) is 16.7 Å². The second-order valence-corrected chi connectivity index (χ2v) is 5.77. The maximum atomic E-state index is 12.5. The van der Waals surface area contributed by atoms with Gasteiger partial charge in [-0.25, -0.2) is 0 Å². The maximum Gasteiger partial charge on any atom is 0.325 e. The molecule has 2 aromatic rings. The van der Waals surface area contributed by atoms with Crippen molar-refractivity contribution < 1.29 is 14.7 Å². The van der Waals surface area contributed by atoms with Crippen molar-refractivity contribution >= 4 is 29.3 Å². The third kappa shape index (κ3) is 2.82. The number of hydrogen-bond acceptors (Lipinski definition) is 3. The fraction of sp³-hybridized carbons (Fsp3) is 0.267. The molecule has 1 amide bonds. The Morgan fingerprint density at radius 3 is 2.55 bits per heavy atom. The minimum atomic E-state index is -0.985. The van der Waals surface area contributed by atoms with Crippen LogP contribution < -0.4 is 5.32 Å². The molecule has 114 valence electrons. The third-order valence-corrected chi connectivity index (χ3v) is 4.01. The zero-order chi connectivity index (χ0) is 15.7. The molecule has 0 unspecified atom stereocenters. The Labute approximate surface area is 131 Å². The van der Waals surface area contributed by atoms with Crippen molar-refractivity contribution in [2.75, 3.05) is 5.32 Å². The third-order valence-electron chi connectivity index (χ3n) is 3.76. The van der Waals surface area contributed by atoms with Gasteiger partial charge in [0.25, 0.3) is 0 Å². The van der Waals surface area contributed by atoms with Crippen LogP contribution in [0.3, 0.4) is 0 Å². The van der Waals surface area contributed by atoms with E-state index < -0.39 is 11.4 Å². The fourth-order valence-corrected chi connectivity index (χ4v) is 2.56. The van der Waals surface area contributed by atoms with Gasteiger partial charge in [-0.3, -0.25) is 14.3 Å². The molecule has 1 heterocycles. The van der Waals surface area contributed by atoms with Crippen LogP contribution in [0.2, 0.25) is 5.02 Å². The topological polar surface area (TPSA) is 84.2 Å². The summed E-state index contributed by atoms with van der Waals surface area (Å²) in [6, 6.07) is 8.84. The summed E-state index contributed by atoms with van der Waals surface area (Å²) in [5, 5.41) is 16.1. The van der Waals surface area contributed by atoms with Gasteiger partial charge in [-0.15, -0.1) is 0 Å². The summed E-state index contributed by atoms with van der Waals surface area (Å²) in [6.07, 6.45) is 3.07. The van der Waals surface area contributed by atoms with E-state index in [-0.39, 0.29) is 12.5 Å².